The maximum absolute atomic E-state index is 7.47. The summed E-state index contributed by atoms with van der Waals surface area (Å²) in [4.78, 5) is 0. The van der Waals surface area contributed by atoms with E-state index in [0.717, 1.165) is 28.0 Å². The molecule has 1 aliphatic rings. The second kappa shape index (κ2) is 11.0. The van der Waals surface area contributed by atoms with Crippen molar-refractivity contribution in [2.75, 3.05) is 0 Å². The summed E-state index contributed by atoms with van der Waals surface area (Å²) in [5, 5.41) is 0. The maximum atomic E-state index is 7.47. The largest absolute Gasteiger partial charge is 0.472 e. The number of aryl methyl sites for hydroxylation is 1. The van der Waals surface area contributed by atoms with E-state index in [2.05, 4.69) is 177 Å². The minimum Gasteiger partial charge on any atom is -0.472 e. The summed E-state index contributed by atoms with van der Waals surface area (Å²) in [5.74, 6) is 0.897. The van der Waals surface area contributed by atoms with Gasteiger partial charge in [-0.05, 0) is 64.1 Å². The molecule has 0 bridgehead atoms. The van der Waals surface area contributed by atoms with Crippen molar-refractivity contribution in [2.45, 2.75) is 71.8 Å². The van der Waals surface area contributed by atoms with Gasteiger partial charge in [0.05, 0.1) is 0 Å². The summed E-state index contributed by atoms with van der Waals surface area (Å²) in [6, 6.07) is 42.4. The molecule has 1 heteroatoms. The van der Waals surface area contributed by atoms with E-state index in [4.69, 9.17) is 4.74 Å². The van der Waals surface area contributed by atoms with Crippen LogP contribution in [0.4, 0.5) is 0 Å². The second-order valence-corrected chi connectivity index (χ2v) is 14.3. The van der Waals surface area contributed by atoms with Gasteiger partial charge in [0.2, 0.25) is 0 Å². The average Bonchev–Trinajstić information content (AvgIpc) is 3.00. The molecule has 1 aliphatic heterocycles. The van der Waals surface area contributed by atoms with Gasteiger partial charge in [-0.25, -0.2) is 0 Å². The standard InChI is InChI=1S/C43H44O/c1-9-36(30-13-11-10-12-14-30)31-16-26-38-37-25-15-29(2)27-39(37)43(44-40(38)28-31,34-21-17-32(18-22-34)41(3,4)5)35-23-19-33(20-24-35)42(6,7)8/h9-28H,1-8H3. The normalized spacial score (nSPS) is 14.4. The lowest BCUT2D eigenvalue weighted by Crippen LogP contribution is -2.39. The fraction of sp³-hybridized carbons (Fsp3) is 0.256. The van der Waals surface area contributed by atoms with Crippen LogP contribution in [0.5, 0.6) is 5.75 Å². The van der Waals surface area contributed by atoms with Crippen LogP contribution in [0, 0.1) is 6.92 Å². The highest BCUT2D eigenvalue weighted by atomic mass is 16.5. The van der Waals surface area contributed by atoms with Crippen LogP contribution in [-0.2, 0) is 16.4 Å². The molecule has 1 heterocycles. The molecule has 0 atom stereocenters. The Morgan fingerprint density at radius 3 is 1.66 bits per heavy atom. The Morgan fingerprint density at radius 1 is 0.591 bits per heavy atom. The SMILES string of the molecule is CC=C(c1ccccc1)c1ccc2c(c1)OC(c1ccc(C(C)(C)C)cc1)(c1ccc(C(C)(C)C)cc1)c1cc(C)ccc1-2. The van der Waals surface area contributed by atoms with Crippen LogP contribution < -0.4 is 4.74 Å². The zero-order chi connectivity index (χ0) is 31.3. The molecule has 0 aliphatic carbocycles. The number of hydrogen-bond acceptors (Lipinski definition) is 1. The first-order chi connectivity index (χ1) is 20.9. The van der Waals surface area contributed by atoms with Crippen molar-refractivity contribution in [2.24, 2.45) is 0 Å². The molecular formula is C43H44O. The van der Waals surface area contributed by atoms with E-state index < -0.39 is 5.60 Å². The van der Waals surface area contributed by atoms with Gasteiger partial charge >= 0.3 is 0 Å². The molecule has 0 saturated carbocycles. The summed E-state index contributed by atoms with van der Waals surface area (Å²) in [7, 11) is 0. The van der Waals surface area contributed by atoms with Crippen LogP contribution in [-0.4, -0.2) is 0 Å². The topological polar surface area (TPSA) is 9.23 Å². The fourth-order valence-corrected chi connectivity index (χ4v) is 6.52. The molecule has 0 amide bonds. The van der Waals surface area contributed by atoms with E-state index in [1.165, 1.54) is 39.0 Å². The molecule has 44 heavy (non-hydrogen) atoms. The Kier molecular flexibility index (Phi) is 7.41. The highest BCUT2D eigenvalue weighted by Crippen LogP contribution is 2.52. The van der Waals surface area contributed by atoms with Crippen LogP contribution in [0.3, 0.4) is 0 Å². The van der Waals surface area contributed by atoms with Gasteiger partial charge in [-0.15, -0.1) is 0 Å². The molecular weight excluding hydrogens is 532 g/mol. The van der Waals surface area contributed by atoms with Crippen molar-refractivity contribution < 1.29 is 4.74 Å². The summed E-state index contributed by atoms with van der Waals surface area (Å²) >= 11 is 0. The Balaban J connectivity index is 1.62. The minimum atomic E-state index is -0.817. The number of rotatable bonds is 4. The van der Waals surface area contributed by atoms with E-state index >= 15 is 0 Å². The molecule has 0 aromatic heterocycles. The van der Waals surface area contributed by atoms with E-state index in [-0.39, 0.29) is 10.8 Å². The zero-order valence-electron chi connectivity index (χ0n) is 27.5. The van der Waals surface area contributed by atoms with Crippen LogP contribution in [0.2, 0.25) is 0 Å². The third-order valence-corrected chi connectivity index (χ3v) is 9.09. The molecule has 1 nitrogen and oxygen atoms in total. The first kappa shape index (κ1) is 29.7. The lowest BCUT2D eigenvalue weighted by molar-refractivity contribution is 0.152. The van der Waals surface area contributed by atoms with Gasteiger partial charge < -0.3 is 4.74 Å². The molecule has 0 radical (unpaired) electrons. The highest BCUT2D eigenvalue weighted by Gasteiger charge is 2.45. The van der Waals surface area contributed by atoms with Gasteiger partial charge in [0, 0.05) is 22.3 Å². The maximum Gasteiger partial charge on any atom is 0.185 e. The van der Waals surface area contributed by atoms with Crippen molar-refractivity contribution in [3.63, 3.8) is 0 Å². The third kappa shape index (κ3) is 5.19. The van der Waals surface area contributed by atoms with Crippen LogP contribution in [0.25, 0.3) is 16.7 Å². The first-order valence-corrected chi connectivity index (χ1v) is 15.8. The fourth-order valence-electron chi connectivity index (χ4n) is 6.52. The van der Waals surface area contributed by atoms with Crippen molar-refractivity contribution in [3.05, 3.63) is 166 Å². The lowest BCUT2D eigenvalue weighted by Gasteiger charge is -2.42. The van der Waals surface area contributed by atoms with Crippen molar-refractivity contribution >= 4 is 5.57 Å². The Morgan fingerprint density at radius 2 is 1.14 bits per heavy atom. The van der Waals surface area contributed by atoms with Crippen LogP contribution >= 0.6 is 0 Å². The first-order valence-electron chi connectivity index (χ1n) is 15.8. The van der Waals surface area contributed by atoms with E-state index in [1.54, 1.807) is 0 Å². The summed E-state index contributed by atoms with van der Waals surface area (Å²) in [6.45, 7) is 17.9. The molecule has 5 aromatic carbocycles. The summed E-state index contributed by atoms with van der Waals surface area (Å²) in [6.07, 6.45) is 2.20. The van der Waals surface area contributed by atoms with Crippen LogP contribution in [0.1, 0.15) is 93.0 Å². The van der Waals surface area contributed by atoms with E-state index in [0.29, 0.717) is 0 Å². The van der Waals surface area contributed by atoms with Gasteiger partial charge in [0.1, 0.15) is 5.75 Å². The molecule has 0 fully saturated rings. The molecule has 5 aromatic rings. The highest BCUT2D eigenvalue weighted by molar-refractivity contribution is 5.85. The van der Waals surface area contributed by atoms with Gasteiger partial charge in [-0.2, -0.15) is 0 Å². The number of hydrogen-bond donors (Lipinski definition) is 0. The second-order valence-electron chi connectivity index (χ2n) is 14.3. The zero-order valence-corrected chi connectivity index (χ0v) is 27.5. The number of fused-ring (bicyclic) bond motifs is 3. The Bertz CT molecular complexity index is 1770. The lowest BCUT2D eigenvalue weighted by atomic mass is 9.73. The molecule has 0 spiro atoms. The smallest absolute Gasteiger partial charge is 0.185 e. The van der Waals surface area contributed by atoms with Gasteiger partial charge in [-0.3, -0.25) is 0 Å². The van der Waals surface area contributed by atoms with Crippen molar-refractivity contribution in [1.29, 1.82) is 0 Å². The monoisotopic (exact) mass is 576 g/mol. The number of benzene rings is 5. The predicted molar refractivity (Wildman–Crippen MR) is 187 cm³/mol. The Hall–Kier alpha value is -4.36. The number of allylic oxidation sites excluding steroid dienone is 1. The molecule has 0 N–H and O–H groups in total. The van der Waals surface area contributed by atoms with Gasteiger partial charge in [0.25, 0.3) is 0 Å². The van der Waals surface area contributed by atoms with E-state index in [1.807, 2.05) is 0 Å². The van der Waals surface area contributed by atoms with Gasteiger partial charge in [0.15, 0.2) is 5.60 Å². The van der Waals surface area contributed by atoms with Crippen LogP contribution in [0.15, 0.2) is 121 Å². The third-order valence-electron chi connectivity index (χ3n) is 9.09. The van der Waals surface area contributed by atoms with E-state index in [9.17, 15) is 0 Å². The molecule has 222 valence electrons. The van der Waals surface area contributed by atoms with Crippen molar-refractivity contribution in [1.82, 2.24) is 0 Å². The minimum absolute atomic E-state index is 0.0593. The quantitative estimate of drug-likeness (QED) is 0.207. The summed E-state index contributed by atoms with van der Waals surface area (Å²) in [5.41, 5.74) is 12.5. The van der Waals surface area contributed by atoms with Crippen molar-refractivity contribution in [3.8, 4) is 16.9 Å². The molecule has 6 rings (SSSR count). The summed E-state index contributed by atoms with van der Waals surface area (Å²) < 4.78 is 7.47. The Labute approximate surface area is 264 Å². The molecule has 0 unspecified atom stereocenters. The predicted octanol–water partition coefficient (Wildman–Crippen LogP) is 11.4. The van der Waals surface area contributed by atoms with Gasteiger partial charge in [-0.1, -0.05) is 162 Å². The number of ether oxygens (including phenoxy) is 1. The average molecular weight is 577 g/mol. The molecule has 0 saturated heterocycles.